The third kappa shape index (κ3) is 3.55. The van der Waals surface area contributed by atoms with Gasteiger partial charge < -0.3 is 14.9 Å². The largest absolute Gasteiger partial charge is 0.464 e. The Morgan fingerprint density at radius 2 is 1.89 bits per heavy atom. The van der Waals surface area contributed by atoms with Gasteiger partial charge in [-0.3, -0.25) is 0 Å². The summed E-state index contributed by atoms with van der Waals surface area (Å²) in [6.45, 7) is 5.00. The van der Waals surface area contributed by atoms with Crippen LogP contribution in [0.3, 0.4) is 0 Å². The van der Waals surface area contributed by atoms with Gasteiger partial charge in [0, 0.05) is 5.92 Å². The summed E-state index contributed by atoms with van der Waals surface area (Å²) in [6, 6.07) is 8.97. The molecular formula is C14H20O4. The molecule has 0 heterocycles. The molecule has 0 bridgehead atoms. The zero-order valence-corrected chi connectivity index (χ0v) is 11.0. The highest BCUT2D eigenvalue weighted by Crippen LogP contribution is 2.31. The lowest BCUT2D eigenvalue weighted by atomic mass is 9.80. The van der Waals surface area contributed by atoms with Crippen LogP contribution in [-0.4, -0.2) is 34.5 Å². The van der Waals surface area contributed by atoms with Gasteiger partial charge in [-0.15, -0.1) is 0 Å². The molecule has 4 nitrogen and oxygen atoms in total. The number of hydrogen-bond acceptors (Lipinski definition) is 4. The van der Waals surface area contributed by atoms with Crippen LogP contribution in [0.5, 0.6) is 0 Å². The first kappa shape index (κ1) is 14.7. The molecule has 0 aliphatic heterocycles. The van der Waals surface area contributed by atoms with E-state index in [1.165, 1.54) is 0 Å². The maximum atomic E-state index is 11.6. The number of ether oxygens (including phenoxy) is 1. The Balaban J connectivity index is 3.04. The van der Waals surface area contributed by atoms with E-state index in [4.69, 9.17) is 4.74 Å². The van der Waals surface area contributed by atoms with Gasteiger partial charge in [0.1, 0.15) is 0 Å². The predicted octanol–water partition coefficient (Wildman–Crippen LogP) is 1.47. The van der Waals surface area contributed by atoms with Gasteiger partial charge in [0.25, 0.3) is 0 Å². The maximum absolute atomic E-state index is 11.6. The fraction of sp³-hybridized carbons (Fsp3) is 0.500. The minimum atomic E-state index is -1.38. The van der Waals surface area contributed by atoms with Crippen LogP contribution in [-0.2, 0) is 9.53 Å². The summed E-state index contributed by atoms with van der Waals surface area (Å²) in [6.07, 6.45) is -1.38. The van der Waals surface area contributed by atoms with E-state index in [1.807, 2.05) is 6.07 Å². The third-order valence-electron chi connectivity index (χ3n) is 2.76. The zero-order valence-electron chi connectivity index (χ0n) is 11.0. The topological polar surface area (TPSA) is 66.8 Å². The van der Waals surface area contributed by atoms with E-state index in [0.717, 1.165) is 0 Å². The zero-order chi connectivity index (χ0) is 13.8. The molecule has 0 aliphatic rings. The van der Waals surface area contributed by atoms with Gasteiger partial charge >= 0.3 is 5.97 Å². The van der Waals surface area contributed by atoms with Gasteiger partial charge in [-0.2, -0.15) is 0 Å². The fourth-order valence-corrected chi connectivity index (χ4v) is 2.00. The van der Waals surface area contributed by atoms with Crippen molar-refractivity contribution in [3.63, 3.8) is 0 Å². The van der Waals surface area contributed by atoms with E-state index in [0.29, 0.717) is 5.56 Å². The number of carbonyl (C=O) groups excluding carboxylic acids is 1. The van der Waals surface area contributed by atoms with E-state index in [9.17, 15) is 15.0 Å². The Morgan fingerprint density at radius 1 is 1.33 bits per heavy atom. The van der Waals surface area contributed by atoms with Crippen LogP contribution in [0.1, 0.15) is 32.3 Å². The standard InChI is InChI=1S/C14H20O4/c1-4-18-13(16)12(15)11(14(2,3)17)10-8-6-5-7-9-10/h5-9,11-12,15,17H,4H2,1-3H3. The SMILES string of the molecule is CCOC(=O)C(O)C(c1ccccc1)C(C)(C)O. The van der Waals surface area contributed by atoms with Crippen LogP contribution in [0.4, 0.5) is 0 Å². The smallest absolute Gasteiger partial charge is 0.335 e. The first-order valence-electron chi connectivity index (χ1n) is 6.00. The molecule has 0 saturated heterocycles. The Morgan fingerprint density at radius 3 is 2.33 bits per heavy atom. The van der Waals surface area contributed by atoms with Crippen LogP contribution in [0.2, 0.25) is 0 Å². The number of benzene rings is 1. The average Bonchev–Trinajstić information content (AvgIpc) is 2.29. The van der Waals surface area contributed by atoms with Crippen molar-refractivity contribution in [2.75, 3.05) is 6.61 Å². The highest BCUT2D eigenvalue weighted by molar-refractivity contribution is 5.76. The van der Waals surface area contributed by atoms with Crippen molar-refractivity contribution >= 4 is 5.97 Å². The van der Waals surface area contributed by atoms with E-state index in [-0.39, 0.29) is 6.61 Å². The second-order valence-electron chi connectivity index (χ2n) is 4.74. The Kier molecular flexibility index (Phi) is 4.87. The van der Waals surface area contributed by atoms with Crippen molar-refractivity contribution in [1.82, 2.24) is 0 Å². The Bertz CT molecular complexity index is 381. The molecule has 0 amide bonds. The summed E-state index contributed by atoms with van der Waals surface area (Å²) < 4.78 is 4.80. The highest BCUT2D eigenvalue weighted by Gasteiger charge is 2.38. The van der Waals surface area contributed by atoms with Crippen molar-refractivity contribution in [1.29, 1.82) is 0 Å². The number of hydrogen-bond donors (Lipinski definition) is 2. The first-order valence-corrected chi connectivity index (χ1v) is 6.00. The van der Waals surface area contributed by atoms with Gasteiger partial charge in [-0.25, -0.2) is 4.79 Å². The molecule has 0 aliphatic carbocycles. The lowest BCUT2D eigenvalue weighted by molar-refractivity contribution is -0.158. The van der Waals surface area contributed by atoms with Crippen molar-refractivity contribution in [3.05, 3.63) is 35.9 Å². The first-order chi connectivity index (χ1) is 8.38. The Labute approximate surface area is 107 Å². The monoisotopic (exact) mass is 252 g/mol. The molecule has 100 valence electrons. The number of rotatable bonds is 5. The molecule has 4 heteroatoms. The molecule has 0 fully saturated rings. The number of esters is 1. The van der Waals surface area contributed by atoms with Crippen molar-refractivity contribution < 1.29 is 19.7 Å². The molecule has 18 heavy (non-hydrogen) atoms. The van der Waals surface area contributed by atoms with Gasteiger partial charge in [0.05, 0.1) is 12.2 Å². The molecule has 2 atom stereocenters. The van der Waals surface area contributed by atoms with E-state index in [1.54, 1.807) is 45.0 Å². The third-order valence-corrected chi connectivity index (χ3v) is 2.76. The Hall–Kier alpha value is -1.39. The van der Waals surface area contributed by atoms with Crippen molar-refractivity contribution in [2.24, 2.45) is 0 Å². The summed E-state index contributed by atoms with van der Waals surface area (Å²) in [5.41, 5.74) is -0.529. The second kappa shape index (κ2) is 5.98. The summed E-state index contributed by atoms with van der Waals surface area (Å²) >= 11 is 0. The minimum Gasteiger partial charge on any atom is -0.464 e. The molecule has 2 unspecified atom stereocenters. The van der Waals surface area contributed by atoms with Crippen LogP contribution in [0.25, 0.3) is 0 Å². The van der Waals surface area contributed by atoms with E-state index in [2.05, 4.69) is 0 Å². The van der Waals surface area contributed by atoms with Crippen molar-refractivity contribution in [2.45, 2.75) is 38.4 Å². The molecule has 0 radical (unpaired) electrons. The van der Waals surface area contributed by atoms with Crippen LogP contribution in [0.15, 0.2) is 30.3 Å². The van der Waals surface area contributed by atoms with Crippen molar-refractivity contribution in [3.8, 4) is 0 Å². The lowest BCUT2D eigenvalue weighted by Gasteiger charge is -2.32. The predicted molar refractivity (Wildman–Crippen MR) is 68.1 cm³/mol. The van der Waals surface area contributed by atoms with Crippen LogP contribution in [0, 0.1) is 0 Å². The molecule has 1 aromatic carbocycles. The molecule has 1 rings (SSSR count). The number of aliphatic hydroxyl groups excluding tert-OH is 1. The van der Waals surface area contributed by atoms with E-state index >= 15 is 0 Å². The number of aliphatic hydroxyl groups is 2. The summed E-state index contributed by atoms with van der Waals surface area (Å²) in [4.78, 5) is 11.6. The van der Waals surface area contributed by atoms with Gasteiger partial charge in [-0.1, -0.05) is 30.3 Å². The minimum absolute atomic E-state index is 0.198. The lowest BCUT2D eigenvalue weighted by Crippen LogP contribution is -2.42. The van der Waals surface area contributed by atoms with Gasteiger partial charge in [0.2, 0.25) is 0 Å². The van der Waals surface area contributed by atoms with Crippen LogP contribution >= 0.6 is 0 Å². The van der Waals surface area contributed by atoms with Gasteiger partial charge in [-0.05, 0) is 26.3 Å². The number of carbonyl (C=O) groups is 1. The molecule has 0 spiro atoms. The summed E-state index contributed by atoms with van der Waals surface area (Å²) in [5, 5.41) is 20.2. The molecule has 0 saturated carbocycles. The molecular weight excluding hydrogens is 232 g/mol. The maximum Gasteiger partial charge on any atom is 0.335 e. The molecule has 0 aromatic heterocycles. The van der Waals surface area contributed by atoms with E-state index < -0.39 is 23.6 Å². The fourth-order valence-electron chi connectivity index (χ4n) is 2.00. The van der Waals surface area contributed by atoms with Gasteiger partial charge in [0.15, 0.2) is 6.10 Å². The average molecular weight is 252 g/mol. The summed E-state index contributed by atoms with van der Waals surface area (Å²) in [7, 11) is 0. The molecule has 2 N–H and O–H groups in total. The second-order valence-corrected chi connectivity index (χ2v) is 4.74. The highest BCUT2D eigenvalue weighted by atomic mass is 16.5. The van der Waals surface area contributed by atoms with Crippen LogP contribution < -0.4 is 0 Å². The quantitative estimate of drug-likeness (QED) is 0.779. The summed E-state index contributed by atoms with van der Waals surface area (Å²) in [5.74, 6) is -1.44. The normalized spacial score (nSPS) is 14.9. The molecule has 1 aromatic rings.